The van der Waals surface area contributed by atoms with Gasteiger partial charge in [-0.2, -0.15) is 0 Å². The molecule has 4 heteroatoms. The monoisotopic (exact) mass is 276 g/mol. The predicted molar refractivity (Wildman–Crippen MR) is 80.7 cm³/mol. The van der Waals surface area contributed by atoms with Crippen LogP contribution in [0.5, 0.6) is 0 Å². The van der Waals surface area contributed by atoms with E-state index in [9.17, 15) is 4.79 Å². The number of carbonyl (C=O) groups is 1. The Morgan fingerprint density at radius 1 is 1.35 bits per heavy atom. The van der Waals surface area contributed by atoms with Crippen molar-refractivity contribution in [3.05, 3.63) is 29.8 Å². The zero-order valence-corrected chi connectivity index (χ0v) is 12.3. The number of rotatable bonds is 4. The summed E-state index contributed by atoms with van der Waals surface area (Å²) in [5.41, 5.74) is 1.80. The van der Waals surface area contributed by atoms with Crippen LogP contribution in [0.4, 0.5) is 10.5 Å². The van der Waals surface area contributed by atoms with Crippen molar-refractivity contribution in [1.29, 1.82) is 0 Å². The van der Waals surface area contributed by atoms with Gasteiger partial charge < -0.3 is 15.4 Å². The average Bonchev–Trinajstić information content (AvgIpc) is 2.41. The van der Waals surface area contributed by atoms with Gasteiger partial charge in [-0.15, -0.1) is 0 Å². The summed E-state index contributed by atoms with van der Waals surface area (Å²) in [5.74, 6) is 0.704. The van der Waals surface area contributed by atoms with Gasteiger partial charge >= 0.3 is 6.03 Å². The molecule has 0 heterocycles. The fraction of sp³-hybridized carbons (Fsp3) is 0.562. The lowest BCUT2D eigenvalue weighted by molar-refractivity contribution is 0.185. The Morgan fingerprint density at radius 2 is 2.15 bits per heavy atom. The first-order valence-corrected chi connectivity index (χ1v) is 7.33. The molecule has 1 aliphatic carbocycles. The lowest BCUT2D eigenvalue weighted by Crippen LogP contribution is -2.40. The first kappa shape index (κ1) is 14.9. The lowest BCUT2D eigenvalue weighted by Gasteiger charge is -2.27. The number of anilines is 1. The van der Waals surface area contributed by atoms with Gasteiger partial charge in [0.2, 0.25) is 0 Å². The number of urea groups is 1. The molecule has 1 aromatic carbocycles. The van der Waals surface area contributed by atoms with Gasteiger partial charge in [0.25, 0.3) is 0 Å². The lowest BCUT2D eigenvalue weighted by atomic mass is 9.87. The molecule has 1 aromatic rings. The molecule has 0 unspecified atom stereocenters. The molecule has 1 saturated carbocycles. The SMILES string of the molecule is COCc1ccccc1NC(=O)N[C@@H]1CCC[C@H](C)C1. The van der Waals surface area contributed by atoms with Crippen molar-refractivity contribution in [2.24, 2.45) is 5.92 Å². The van der Waals surface area contributed by atoms with E-state index < -0.39 is 0 Å². The minimum Gasteiger partial charge on any atom is -0.380 e. The minimum absolute atomic E-state index is 0.118. The van der Waals surface area contributed by atoms with Crippen LogP contribution in [0.3, 0.4) is 0 Å². The third-order valence-corrected chi connectivity index (χ3v) is 3.84. The van der Waals surface area contributed by atoms with Crippen LogP contribution < -0.4 is 10.6 Å². The first-order chi connectivity index (χ1) is 9.69. The fourth-order valence-electron chi connectivity index (χ4n) is 2.83. The quantitative estimate of drug-likeness (QED) is 0.883. The maximum Gasteiger partial charge on any atom is 0.319 e. The van der Waals surface area contributed by atoms with E-state index in [1.807, 2.05) is 24.3 Å². The summed E-state index contributed by atoms with van der Waals surface area (Å²) in [7, 11) is 1.65. The molecular weight excluding hydrogens is 252 g/mol. The van der Waals surface area contributed by atoms with Crippen molar-refractivity contribution in [3.8, 4) is 0 Å². The van der Waals surface area contributed by atoms with Gasteiger partial charge in [0, 0.05) is 24.4 Å². The summed E-state index contributed by atoms with van der Waals surface area (Å²) in [6, 6.07) is 7.90. The Hall–Kier alpha value is -1.55. The summed E-state index contributed by atoms with van der Waals surface area (Å²) in [6.07, 6.45) is 4.63. The number of hydrogen-bond donors (Lipinski definition) is 2. The summed E-state index contributed by atoms with van der Waals surface area (Å²) in [4.78, 5) is 12.1. The van der Waals surface area contributed by atoms with Crippen LogP contribution in [0.15, 0.2) is 24.3 Å². The third-order valence-electron chi connectivity index (χ3n) is 3.84. The van der Waals surface area contributed by atoms with Crippen molar-refractivity contribution in [2.45, 2.75) is 45.3 Å². The molecular formula is C16H24N2O2. The minimum atomic E-state index is -0.118. The zero-order valence-electron chi connectivity index (χ0n) is 12.3. The third kappa shape index (κ3) is 4.23. The number of benzene rings is 1. The van der Waals surface area contributed by atoms with Gasteiger partial charge in [-0.3, -0.25) is 0 Å². The van der Waals surface area contributed by atoms with Gasteiger partial charge in [0.15, 0.2) is 0 Å². The van der Waals surface area contributed by atoms with E-state index in [1.54, 1.807) is 7.11 Å². The van der Waals surface area contributed by atoms with Crippen LogP contribution in [0, 0.1) is 5.92 Å². The maximum atomic E-state index is 12.1. The molecule has 1 fully saturated rings. The van der Waals surface area contributed by atoms with E-state index in [0.717, 1.165) is 24.1 Å². The van der Waals surface area contributed by atoms with Crippen LogP contribution in [-0.4, -0.2) is 19.2 Å². The first-order valence-electron chi connectivity index (χ1n) is 7.33. The molecule has 0 spiro atoms. The fourth-order valence-corrected chi connectivity index (χ4v) is 2.83. The van der Waals surface area contributed by atoms with E-state index >= 15 is 0 Å². The molecule has 2 N–H and O–H groups in total. The van der Waals surface area contributed by atoms with Crippen molar-refractivity contribution in [1.82, 2.24) is 5.32 Å². The molecule has 1 aliphatic rings. The molecule has 0 saturated heterocycles. The van der Waals surface area contributed by atoms with Crippen LogP contribution >= 0.6 is 0 Å². The van der Waals surface area contributed by atoms with Crippen LogP contribution in [0.2, 0.25) is 0 Å². The highest BCUT2D eigenvalue weighted by Crippen LogP contribution is 2.23. The second-order valence-electron chi connectivity index (χ2n) is 5.66. The number of carbonyl (C=O) groups excluding carboxylic acids is 1. The summed E-state index contributed by atoms with van der Waals surface area (Å²) in [5, 5.41) is 6.00. The van der Waals surface area contributed by atoms with Crippen LogP contribution in [-0.2, 0) is 11.3 Å². The molecule has 110 valence electrons. The number of hydrogen-bond acceptors (Lipinski definition) is 2. The van der Waals surface area contributed by atoms with Gasteiger partial charge in [0.1, 0.15) is 0 Å². The average molecular weight is 276 g/mol. The Morgan fingerprint density at radius 3 is 2.90 bits per heavy atom. The highest BCUT2D eigenvalue weighted by molar-refractivity contribution is 5.90. The Balaban J connectivity index is 1.91. The van der Waals surface area contributed by atoms with Crippen molar-refractivity contribution >= 4 is 11.7 Å². The van der Waals surface area contributed by atoms with Gasteiger partial charge in [-0.1, -0.05) is 38.0 Å². The highest BCUT2D eigenvalue weighted by Gasteiger charge is 2.20. The summed E-state index contributed by atoms with van der Waals surface area (Å²) >= 11 is 0. The second kappa shape index (κ2) is 7.29. The number of ether oxygens (including phenoxy) is 1. The Kier molecular flexibility index (Phi) is 5.41. The zero-order chi connectivity index (χ0) is 14.4. The molecule has 0 aromatic heterocycles. The molecule has 2 amide bonds. The summed E-state index contributed by atoms with van der Waals surface area (Å²) in [6.45, 7) is 2.75. The Bertz CT molecular complexity index is 448. The van der Waals surface area contributed by atoms with Crippen molar-refractivity contribution < 1.29 is 9.53 Å². The normalized spacial score (nSPS) is 22.3. The number of para-hydroxylation sites is 1. The van der Waals surface area contributed by atoms with Gasteiger partial charge in [-0.05, 0) is 24.8 Å². The second-order valence-corrected chi connectivity index (χ2v) is 5.66. The molecule has 4 nitrogen and oxygen atoms in total. The van der Waals surface area contributed by atoms with Crippen molar-refractivity contribution in [3.63, 3.8) is 0 Å². The molecule has 0 bridgehead atoms. The predicted octanol–water partition coefficient (Wildman–Crippen LogP) is 3.53. The van der Waals surface area contributed by atoms with Crippen LogP contribution in [0.25, 0.3) is 0 Å². The van der Waals surface area contributed by atoms with Crippen LogP contribution in [0.1, 0.15) is 38.2 Å². The smallest absolute Gasteiger partial charge is 0.319 e. The van der Waals surface area contributed by atoms with Gasteiger partial charge in [-0.25, -0.2) is 4.79 Å². The van der Waals surface area contributed by atoms with E-state index in [0.29, 0.717) is 18.6 Å². The maximum absolute atomic E-state index is 12.1. The number of nitrogens with one attached hydrogen (secondary N) is 2. The molecule has 0 radical (unpaired) electrons. The van der Waals surface area contributed by atoms with E-state index in [-0.39, 0.29) is 6.03 Å². The molecule has 0 aliphatic heterocycles. The van der Waals surface area contributed by atoms with E-state index in [1.165, 1.54) is 12.8 Å². The van der Waals surface area contributed by atoms with E-state index in [4.69, 9.17) is 4.74 Å². The number of amides is 2. The highest BCUT2D eigenvalue weighted by atomic mass is 16.5. The Labute approximate surface area is 120 Å². The standard InChI is InChI=1S/C16H24N2O2/c1-12-6-5-8-14(10-12)17-16(19)18-15-9-4-3-7-13(15)11-20-2/h3-4,7,9,12,14H,5-6,8,10-11H2,1-2H3,(H2,17,18,19)/t12-,14+/m0/s1. The van der Waals surface area contributed by atoms with E-state index in [2.05, 4.69) is 17.6 Å². The molecule has 20 heavy (non-hydrogen) atoms. The molecule has 2 atom stereocenters. The van der Waals surface area contributed by atoms with Crippen molar-refractivity contribution in [2.75, 3.05) is 12.4 Å². The largest absolute Gasteiger partial charge is 0.380 e. The molecule has 2 rings (SSSR count). The number of methoxy groups -OCH3 is 1. The summed E-state index contributed by atoms with van der Waals surface area (Å²) < 4.78 is 5.14. The van der Waals surface area contributed by atoms with Gasteiger partial charge in [0.05, 0.1) is 6.61 Å². The topological polar surface area (TPSA) is 50.4 Å².